The number of thioether (sulfide) groups is 2. The van der Waals surface area contributed by atoms with Gasteiger partial charge >= 0.3 is 5.97 Å². The van der Waals surface area contributed by atoms with Crippen LogP contribution in [0.2, 0.25) is 0 Å². The summed E-state index contributed by atoms with van der Waals surface area (Å²) in [6.07, 6.45) is 3.50. The van der Waals surface area contributed by atoms with Gasteiger partial charge in [-0.25, -0.2) is 9.78 Å². The molecule has 0 aliphatic heterocycles. The molecule has 0 bridgehead atoms. The number of nitrogens with one attached hydrogen (secondary N) is 1. The van der Waals surface area contributed by atoms with Crippen LogP contribution in [0.25, 0.3) is 0 Å². The van der Waals surface area contributed by atoms with Gasteiger partial charge in [-0.3, -0.25) is 4.79 Å². The van der Waals surface area contributed by atoms with Gasteiger partial charge in [0.1, 0.15) is 6.04 Å². The largest absolute Gasteiger partial charge is 0.467 e. The second-order valence-electron chi connectivity index (χ2n) is 5.25. The SMILES string of the molecule is COC(=O)C(CSCc1ccccc1)NC(=O)CSc1nccn1C. The van der Waals surface area contributed by atoms with Crippen molar-refractivity contribution in [3.63, 3.8) is 0 Å². The van der Waals surface area contributed by atoms with Gasteiger partial charge in [-0.1, -0.05) is 42.1 Å². The fourth-order valence-corrected chi connectivity index (χ4v) is 3.78. The van der Waals surface area contributed by atoms with E-state index in [4.69, 9.17) is 4.74 Å². The van der Waals surface area contributed by atoms with Crippen molar-refractivity contribution >= 4 is 35.4 Å². The number of methoxy groups -OCH3 is 1. The smallest absolute Gasteiger partial charge is 0.329 e. The molecule has 0 saturated heterocycles. The molecule has 2 rings (SSSR count). The van der Waals surface area contributed by atoms with E-state index >= 15 is 0 Å². The highest BCUT2D eigenvalue weighted by Crippen LogP contribution is 2.15. The fourth-order valence-electron chi connectivity index (χ4n) is 2.04. The molecule has 1 heterocycles. The Morgan fingerprint density at radius 2 is 2.08 bits per heavy atom. The molecule has 134 valence electrons. The van der Waals surface area contributed by atoms with Crippen LogP contribution in [0, 0.1) is 0 Å². The molecule has 2 aromatic rings. The van der Waals surface area contributed by atoms with E-state index < -0.39 is 12.0 Å². The highest BCUT2D eigenvalue weighted by molar-refractivity contribution is 7.99. The van der Waals surface area contributed by atoms with Gasteiger partial charge in [0.2, 0.25) is 5.91 Å². The number of hydrogen-bond acceptors (Lipinski definition) is 6. The summed E-state index contributed by atoms with van der Waals surface area (Å²) in [5.74, 6) is 0.772. The average molecular weight is 380 g/mol. The molecule has 0 aliphatic rings. The van der Waals surface area contributed by atoms with Crippen LogP contribution in [-0.2, 0) is 27.1 Å². The minimum absolute atomic E-state index is 0.196. The Kier molecular flexibility index (Phi) is 7.87. The maximum atomic E-state index is 12.1. The monoisotopic (exact) mass is 379 g/mol. The molecule has 8 heteroatoms. The van der Waals surface area contributed by atoms with Crippen molar-refractivity contribution in [1.82, 2.24) is 14.9 Å². The van der Waals surface area contributed by atoms with Crippen LogP contribution in [-0.4, -0.2) is 46.1 Å². The molecule has 0 fully saturated rings. The molecule has 1 atom stereocenters. The first-order chi connectivity index (χ1) is 12.1. The van der Waals surface area contributed by atoms with Crippen molar-refractivity contribution in [1.29, 1.82) is 0 Å². The highest BCUT2D eigenvalue weighted by Gasteiger charge is 2.21. The van der Waals surface area contributed by atoms with Gasteiger partial charge in [0.05, 0.1) is 12.9 Å². The van der Waals surface area contributed by atoms with Crippen LogP contribution in [0.1, 0.15) is 5.56 Å². The minimum atomic E-state index is -0.659. The van der Waals surface area contributed by atoms with Crippen LogP contribution in [0.3, 0.4) is 0 Å². The molecule has 1 unspecified atom stereocenters. The lowest BCUT2D eigenvalue weighted by Crippen LogP contribution is -2.44. The summed E-state index contributed by atoms with van der Waals surface area (Å²) >= 11 is 2.90. The van der Waals surface area contributed by atoms with E-state index in [1.54, 1.807) is 18.0 Å². The topological polar surface area (TPSA) is 73.2 Å². The van der Waals surface area contributed by atoms with Gasteiger partial charge < -0.3 is 14.6 Å². The normalized spacial score (nSPS) is 11.8. The Morgan fingerprint density at radius 1 is 1.32 bits per heavy atom. The summed E-state index contributed by atoms with van der Waals surface area (Å²) in [6.45, 7) is 0. The van der Waals surface area contributed by atoms with Crippen LogP contribution in [0.5, 0.6) is 0 Å². The van der Waals surface area contributed by atoms with E-state index in [-0.39, 0.29) is 11.7 Å². The number of esters is 1. The van der Waals surface area contributed by atoms with Crippen LogP contribution < -0.4 is 5.32 Å². The lowest BCUT2D eigenvalue weighted by Gasteiger charge is -2.16. The standard InChI is InChI=1S/C17H21N3O3S2/c1-20-9-8-18-17(20)25-12-15(21)19-14(16(22)23-2)11-24-10-13-6-4-3-5-7-13/h3-9,14H,10-12H2,1-2H3,(H,19,21). The third kappa shape index (κ3) is 6.47. The molecule has 6 nitrogen and oxygen atoms in total. The fraction of sp³-hybridized carbons (Fsp3) is 0.353. The Labute approximate surface area is 155 Å². The number of aromatic nitrogens is 2. The lowest BCUT2D eigenvalue weighted by molar-refractivity contribution is -0.144. The van der Waals surface area contributed by atoms with Crippen molar-refractivity contribution in [2.24, 2.45) is 7.05 Å². The molecule has 0 spiro atoms. The van der Waals surface area contributed by atoms with Gasteiger partial charge in [-0.15, -0.1) is 0 Å². The maximum Gasteiger partial charge on any atom is 0.329 e. The molecule has 1 aromatic heterocycles. The Bertz CT molecular complexity index is 691. The number of ether oxygens (including phenoxy) is 1. The van der Waals surface area contributed by atoms with E-state index in [1.807, 2.05) is 48.1 Å². The first kappa shape index (κ1) is 19.4. The number of carbonyl (C=O) groups excluding carboxylic acids is 2. The molecule has 1 N–H and O–H groups in total. The first-order valence-corrected chi connectivity index (χ1v) is 9.83. The number of carbonyl (C=O) groups is 2. The van der Waals surface area contributed by atoms with Crippen LogP contribution in [0.4, 0.5) is 0 Å². The van der Waals surface area contributed by atoms with E-state index in [0.717, 1.165) is 10.9 Å². The van der Waals surface area contributed by atoms with Gasteiger partial charge in [-0.05, 0) is 5.56 Å². The van der Waals surface area contributed by atoms with Crippen molar-refractivity contribution in [3.05, 3.63) is 48.3 Å². The number of nitrogens with zero attached hydrogens (tertiary/aromatic N) is 2. The third-order valence-corrected chi connectivity index (χ3v) is 5.49. The summed E-state index contributed by atoms with van der Waals surface area (Å²) in [6, 6.07) is 9.32. The van der Waals surface area contributed by atoms with Gasteiger partial charge in [0.15, 0.2) is 5.16 Å². The highest BCUT2D eigenvalue weighted by atomic mass is 32.2. The van der Waals surface area contributed by atoms with Crippen molar-refractivity contribution in [3.8, 4) is 0 Å². The van der Waals surface area contributed by atoms with E-state index in [9.17, 15) is 9.59 Å². The van der Waals surface area contributed by atoms with E-state index in [2.05, 4.69) is 10.3 Å². The predicted octanol–water partition coefficient (Wildman–Crippen LogP) is 2.10. The Balaban J connectivity index is 1.81. The summed E-state index contributed by atoms with van der Waals surface area (Å²) in [5.41, 5.74) is 1.17. The molecule has 0 saturated carbocycles. The van der Waals surface area contributed by atoms with Crippen molar-refractivity contribution < 1.29 is 14.3 Å². The summed E-state index contributed by atoms with van der Waals surface area (Å²) in [5, 5.41) is 3.50. The Hall–Kier alpha value is -1.93. The molecule has 0 aliphatic carbocycles. The first-order valence-electron chi connectivity index (χ1n) is 7.69. The second kappa shape index (κ2) is 10.1. The second-order valence-corrected chi connectivity index (χ2v) is 7.23. The minimum Gasteiger partial charge on any atom is -0.467 e. The lowest BCUT2D eigenvalue weighted by atomic mass is 10.2. The number of hydrogen-bond donors (Lipinski definition) is 1. The van der Waals surface area contributed by atoms with E-state index in [0.29, 0.717) is 5.75 Å². The number of amides is 1. The zero-order valence-corrected chi connectivity index (χ0v) is 15.8. The molecule has 0 radical (unpaired) electrons. The van der Waals surface area contributed by atoms with Gasteiger partial charge in [-0.2, -0.15) is 11.8 Å². The maximum absolute atomic E-state index is 12.1. The third-order valence-electron chi connectivity index (χ3n) is 3.33. The molecule has 25 heavy (non-hydrogen) atoms. The number of rotatable bonds is 9. The average Bonchev–Trinajstić information content (AvgIpc) is 3.04. The predicted molar refractivity (Wildman–Crippen MR) is 100 cm³/mol. The summed E-state index contributed by atoms with van der Waals surface area (Å²) < 4.78 is 6.63. The molecular weight excluding hydrogens is 358 g/mol. The number of benzene rings is 1. The summed E-state index contributed by atoms with van der Waals surface area (Å²) in [4.78, 5) is 28.2. The molecule has 1 amide bonds. The van der Waals surface area contributed by atoms with Crippen LogP contribution in [0.15, 0.2) is 47.9 Å². The quantitative estimate of drug-likeness (QED) is 0.531. The molecule has 1 aromatic carbocycles. The summed E-state index contributed by atoms with van der Waals surface area (Å²) in [7, 11) is 3.19. The number of aryl methyl sites for hydroxylation is 1. The van der Waals surface area contributed by atoms with Gasteiger partial charge in [0, 0.05) is 30.9 Å². The Morgan fingerprint density at radius 3 is 2.72 bits per heavy atom. The van der Waals surface area contributed by atoms with E-state index in [1.165, 1.54) is 24.4 Å². The number of imidazole rings is 1. The van der Waals surface area contributed by atoms with Crippen molar-refractivity contribution in [2.45, 2.75) is 17.0 Å². The van der Waals surface area contributed by atoms with Crippen LogP contribution >= 0.6 is 23.5 Å². The zero-order chi connectivity index (χ0) is 18.1. The van der Waals surface area contributed by atoms with Gasteiger partial charge in [0.25, 0.3) is 0 Å². The zero-order valence-electron chi connectivity index (χ0n) is 14.2. The van der Waals surface area contributed by atoms with Crippen molar-refractivity contribution in [2.75, 3.05) is 18.6 Å². The molecular formula is C17H21N3O3S2.